The van der Waals surface area contributed by atoms with E-state index in [-0.39, 0.29) is 0 Å². The number of unbranched alkanes of at least 4 members (excludes halogenated alkanes) is 1. The zero-order chi connectivity index (χ0) is 9.23. The van der Waals surface area contributed by atoms with Gasteiger partial charge in [-0.1, -0.05) is 74.3 Å². The predicted octanol–water partition coefficient (Wildman–Crippen LogP) is 4.58. The van der Waals surface area contributed by atoms with E-state index in [0.717, 1.165) is 10.3 Å². The number of halogens is 1. The van der Waals surface area contributed by atoms with Crippen LogP contribution >= 0.6 is 22.6 Å². The van der Waals surface area contributed by atoms with Crippen LogP contribution in [0.25, 0.3) is 0 Å². The number of allylic oxidation sites excluding steroid dienone is 2. The van der Waals surface area contributed by atoms with Crippen molar-refractivity contribution >= 4 is 22.6 Å². The van der Waals surface area contributed by atoms with E-state index >= 15 is 0 Å². The maximum absolute atomic E-state index is 2.39. The number of alkyl halides is 1. The van der Waals surface area contributed by atoms with Gasteiger partial charge in [0.1, 0.15) is 0 Å². The van der Waals surface area contributed by atoms with Gasteiger partial charge in [-0.2, -0.15) is 0 Å². The lowest BCUT2D eigenvalue weighted by atomic mass is 9.96. The van der Waals surface area contributed by atoms with E-state index in [1.165, 1.54) is 32.1 Å². The summed E-state index contributed by atoms with van der Waals surface area (Å²) < 4.78 is 1.15. The molecular formula is C11H21I. The second kappa shape index (κ2) is 9.56. The normalized spacial score (nSPS) is 13.9. The van der Waals surface area contributed by atoms with Crippen molar-refractivity contribution in [1.29, 1.82) is 0 Å². The maximum atomic E-state index is 2.39. The van der Waals surface area contributed by atoms with Gasteiger partial charge in [-0.15, -0.1) is 0 Å². The molecule has 0 fully saturated rings. The smallest absolute Gasteiger partial charge is 0.0175 e. The Morgan fingerprint density at radius 1 is 1.25 bits per heavy atom. The lowest BCUT2D eigenvalue weighted by Crippen LogP contribution is -1.96. The second-order valence-corrected chi connectivity index (χ2v) is 4.16. The molecule has 0 radical (unpaired) electrons. The fraction of sp³-hybridized carbons (Fsp3) is 0.818. The van der Waals surface area contributed by atoms with Crippen LogP contribution < -0.4 is 0 Å². The number of rotatable bonds is 7. The van der Waals surface area contributed by atoms with Crippen molar-refractivity contribution in [3.05, 3.63) is 12.2 Å². The summed E-state index contributed by atoms with van der Waals surface area (Å²) in [6.07, 6.45) is 11.4. The summed E-state index contributed by atoms with van der Waals surface area (Å²) in [7, 11) is 0. The third kappa shape index (κ3) is 7.14. The highest BCUT2D eigenvalue weighted by atomic mass is 127. The Morgan fingerprint density at radius 2 is 2.00 bits per heavy atom. The first-order chi connectivity index (χ1) is 5.85. The summed E-state index contributed by atoms with van der Waals surface area (Å²) in [6.45, 7) is 4.58. The molecule has 0 saturated heterocycles. The zero-order valence-corrected chi connectivity index (χ0v) is 10.5. The topological polar surface area (TPSA) is 0 Å². The van der Waals surface area contributed by atoms with Gasteiger partial charge in [0.15, 0.2) is 0 Å². The molecule has 0 aliphatic carbocycles. The van der Waals surface area contributed by atoms with Crippen molar-refractivity contribution in [3.8, 4) is 0 Å². The van der Waals surface area contributed by atoms with Crippen LogP contribution in [0.1, 0.15) is 46.0 Å². The number of hydrogen-bond acceptors (Lipinski definition) is 0. The van der Waals surface area contributed by atoms with Crippen molar-refractivity contribution in [3.63, 3.8) is 0 Å². The first kappa shape index (κ1) is 12.5. The van der Waals surface area contributed by atoms with Crippen LogP contribution in [0, 0.1) is 5.92 Å². The molecule has 0 nitrogen and oxygen atoms in total. The Hall–Kier alpha value is 0.470. The van der Waals surface area contributed by atoms with Crippen molar-refractivity contribution in [2.45, 2.75) is 46.0 Å². The first-order valence-corrected chi connectivity index (χ1v) is 6.58. The van der Waals surface area contributed by atoms with Crippen LogP contribution in [0.15, 0.2) is 12.2 Å². The van der Waals surface area contributed by atoms with Gasteiger partial charge in [0, 0.05) is 4.43 Å². The molecular weight excluding hydrogens is 259 g/mol. The van der Waals surface area contributed by atoms with Crippen LogP contribution in [0.2, 0.25) is 0 Å². The SMILES string of the molecule is CCCCC(CC)CC=CCI. The minimum Gasteiger partial charge on any atom is -0.0875 e. The molecule has 1 heteroatoms. The van der Waals surface area contributed by atoms with E-state index in [4.69, 9.17) is 0 Å². The fourth-order valence-corrected chi connectivity index (χ4v) is 1.69. The lowest BCUT2D eigenvalue weighted by molar-refractivity contribution is 0.456. The van der Waals surface area contributed by atoms with E-state index < -0.39 is 0 Å². The van der Waals surface area contributed by atoms with Gasteiger partial charge >= 0.3 is 0 Å². The Morgan fingerprint density at radius 3 is 2.50 bits per heavy atom. The van der Waals surface area contributed by atoms with Crippen molar-refractivity contribution in [1.82, 2.24) is 0 Å². The molecule has 0 aliphatic heterocycles. The standard InChI is InChI=1S/C11H21I/c1-3-5-8-11(4-2)9-6-7-10-12/h6-7,11H,3-5,8-10H2,1-2H3. The van der Waals surface area contributed by atoms with Gasteiger partial charge in [0.05, 0.1) is 0 Å². The summed E-state index contributed by atoms with van der Waals surface area (Å²) >= 11 is 2.39. The molecule has 0 amide bonds. The summed E-state index contributed by atoms with van der Waals surface area (Å²) in [5, 5.41) is 0. The molecule has 0 saturated carbocycles. The maximum Gasteiger partial charge on any atom is 0.0175 e. The zero-order valence-electron chi connectivity index (χ0n) is 8.35. The molecule has 0 N–H and O–H groups in total. The molecule has 0 aromatic heterocycles. The molecule has 0 aromatic rings. The number of hydrogen-bond donors (Lipinski definition) is 0. The van der Waals surface area contributed by atoms with Crippen molar-refractivity contribution in [2.75, 3.05) is 4.43 Å². The average Bonchev–Trinajstić information content (AvgIpc) is 2.11. The van der Waals surface area contributed by atoms with Gasteiger partial charge in [-0.25, -0.2) is 0 Å². The van der Waals surface area contributed by atoms with E-state index in [1.54, 1.807) is 0 Å². The van der Waals surface area contributed by atoms with E-state index in [9.17, 15) is 0 Å². The highest BCUT2D eigenvalue weighted by molar-refractivity contribution is 14.1. The van der Waals surface area contributed by atoms with Gasteiger partial charge in [-0.3, -0.25) is 0 Å². The fourth-order valence-electron chi connectivity index (χ4n) is 1.33. The molecule has 0 spiro atoms. The second-order valence-electron chi connectivity index (χ2n) is 3.28. The summed E-state index contributed by atoms with van der Waals surface area (Å²) in [5.74, 6) is 0.934. The first-order valence-electron chi connectivity index (χ1n) is 5.06. The highest BCUT2D eigenvalue weighted by Crippen LogP contribution is 2.16. The third-order valence-corrected chi connectivity index (χ3v) is 2.78. The van der Waals surface area contributed by atoms with Crippen LogP contribution in [0.3, 0.4) is 0 Å². The van der Waals surface area contributed by atoms with Crippen molar-refractivity contribution in [2.24, 2.45) is 5.92 Å². The Kier molecular flexibility index (Phi) is 9.93. The minimum absolute atomic E-state index is 0.934. The molecule has 1 atom stereocenters. The molecule has 0 heterocycles. The summed E-state index contributed by atoms with van der Waals surface area (Å²) in [4.78, 5) is 0. The Labute approximate surface area is 91.0 Å². The molecule has 12 heavy (non-hydrogen) atoms. The third-order valence-electron chi connectivity index (χ3n) is 2.27. The summed E-state index contributed by atoms with van der Waals surface area (Å²) in [6, 6.07) is 0. The van der Waals surface area contributed by atoms with Gasteiger partial charge < -0.3 is 0 Å². The van der Waals surface area contributed by atoms with Crippen molar-refractivity contribution < 1.29 is 0 Å². The van der Waals surface area contributed by atoms with E-state index in [2.05, 4.69) is 48.6 Å². The molecule has 0 bridgehead atoms. The molecule has 0 rings (SSSR count). The summed E-state index contributed by atoms with van der Waals surface area (Å²) in [5.41, 5.74) is 0. The Balaban J connectivity index is 3.45. The minimum atomic E-state index is 0.934. The highest BCUT2D eigenvalue weighted by Gasteiger charge is 2.02. The lowest BCUT2D eigenvalue weighted by Gasteiger charge is -2.10. The van der Waals surface area contributed by atoms with Crippen LogP contribution in [0.5, 0.6) is 0 Å². The quantitative estimate of drug-likeness (QED) is 0.363. The molecule has 1 unspecified atom stereocenters. The van der Waals surface area contributed by atoms with Crippen LogP contribution in [-0.2, 0) is 0 Å². The Bertz CT molecular complexity index is 108. The van der Waals surface area contributed by atoms with Crippen LogP contribution in [-0.4, -0.2) is 4.43 Å². The predicted molar refractivity (Wildman–Crippen MR) is 66.0 cm³/mol. The monoisotopic (exact) mass is 280 g/mol. The van der Waals surface area contributed by atoms with E-state index in [1.807, 2.05) is 0 Å². The molecule has 0 aromatic carbocycles. The van der Waals surface area contributed by atoms with Crippen LogP contribution in [0.4, 0.5) is 0 Å². The molecule has 0 aliphatic rings. The van der Waals surface area contributed by atoms with Gasteiger partial charge in [0.2, 0.25) is 0 Å². The molecule has 72 valence electrons. The van der Waals surface area contributed by atoms with E-state index in [0.29, 0.717) is 0 Å². The average molecular weight is 280 g/mol. The van der Waals surface area contributed by atoms with Gasteiger partial charge in [-0.05, 0) is 12.3 Å². The van der Waals surface area contributed by atoms with Gasteiger partial charge in [0.25, 0.3) is 0 Å². The largest absolute Gasteiger partial charge is 0.0875 e.